The second kappa shape index (κ2) is 8.39. The molecule has 0 aliphatic heterocycles. The average Bonchev–Trinajstić information content (AvgIpc) is 2.61. The molecule has 0 heterocycles. The molecule has 0 saturated carbocycles. The lowest BCUT2D eigenvalue weighted by atomic mass is 10.1. The molecular weight excluding hydrogens is 388 g/mol. The first-order valence-electron chi connectivity index (χ1n) is 8.15. The second-order valence-electron chi connectivity index (χ2n) is 6.35. The number of methoxy groups -OCH3 is 1. The Kier molecular flexibility index (Phi) is 6.63. The van der Waals surface area contributed by atoms with Gasteiger partial charge in [-0.15, -0.1) is 0 Å². The Morgan fingerprint density at radius 1 is 1.00 bits per heavy atom. The van der Waals surface area contributed by atoms with Crippen molar-refractivity contribution in [2.75, 3.05) is 34.0 Å². The van der Waals surface area contributed by atoms with Crippen molar-refractivity contribution in [3.8, 4) is 5.75 Å². The molecule has 0 radical (unpaired) electrons. The Balaban J connectivity index is 2.26. The van der Waals surface area contributed by atoms with Gasteiger partial charge >= 0.3 is 0 Å². The molecule has 0 spiro atoms. The van der Waals surface area contributed by atoms with E-state index in [1.54, 1.807) is 7.11 Å². The van der Waals surface area contributed by atoms with Crippen molar-refractivity contribution in [3.05, 3.63) is 54.1 Å². The highest BCUT2D eigenvalue weighted by Gasteiger charge is 2.21. The molecule has 0 aliphatic carbocycles. The first kappa shape index (κ1) is 21.4. The number of rotatable bonds is 8. The van der Waals surface area contributed by atoms with Crippen LogP contribution in [0.15, 0.2) is 58.3 Å². The van der Waals surface area contributed by atoms with Crippen LogP contribution in [0.3, 0.4) is 0 Å². The van der Waals surface area contributed by atoms with Crippen molar-refractivity contribution in [2.24, 2.45) is 0 Å². The average molecular weight is 413 g/mol. The quantitative estimate of drug-likeness (QED) is 0.709. The number of ether oxygens (including phenoxy) is 1. The Morgan fingerprint density at radius 2 is 1.63 bits per heavy atom. The molecule has 0 saturated heterocycles. The number of sulfone groups is 1. The summed E-state index contributed by atoms with van der Waals surface area (Å²) in [5, 5.41) is 0. The highest BCUT2D eigenvalue weighted by Crippen LogP contribution is 2.23. The van der Waals surface area contributed by atoms with E-state index in [-0.39, 0.29) is 22.4 Å². The van der Waals surface area contributed by atoms with Gasteiger partial charge in [0.15, 0.2) is 9.84 Å². The van der Waals surface area contributed by atoms with Gasteiger partial charge in [0.2, 0.25) is 10.0 Å². The van der Waals surface area contributed by atoms with Gasteiger partial charge in [-0.2, -0.15) is 0 Å². The van der Waals surface area contributed by atoms with Crippen molar-refractivity contribution < 1.29 is 21.6 Å². The number of nitrogens with zero attached hydrogens (tertiary/aromatic N) is 1. The zero-order valence-corrected chi connectivity index (χ0v) is 17.3. The van der Waals surface area contributed by atoms with E-state index >= 15 is 0 Å². The molecule has 0 aromatic heterocycles. The number of sulfonamides is 1. The molecule has 1 N–H and O–H groups in total. The molecule has 9 heteroatoms. The molecule has 27 heavy (non-hydrogen) atoms. The first-order chi connectivity index (χ1) is 12.5. The summed E-state index contributed by atoms with van der Waals surface area (Å²) in [6.07, 6.45) is 1.04. The van der Waals surface area contributed by atoms with E-state index in [2.05, 4.69) is 4.72 Å². The minimum atomic E-state index is -3.87. The van der Waals surface area contributed by atoms with Gasteiger partial charge in [0.1, 0.15) is 5.75 Å². The van der Waals surface area contributed by atoms with Crippen LogP contribution >= 0.6 is 0 Å². The van der Waals surface area contributed by atoms with Crippen LogP contribution < -0.4 is 9.46 Å². The number of likely N-dealkylation sites (N-methyl/N-ethyl adjacent to an activating group) is 1. The molecule has 0 fully saturated rings. The van der Waals surface area contributed by atoms with Gasteiger partial charge in [-0.3, -0.25) is 0 Å². The third-order valence-corrected chi connectivity index (χ3v) is 6.64. The maximum absolute atomic E-state index is 12.6. The fourth-order valence-corrected chi connectivity index (χ4v) is 4.42. The summed E-state index contributed by atoms with van der Waals surface area (Å²) in [5.74, 6) is 0.683. The van der Waals surface area contributed by atoms with Crippen LogP contribution in [0.4, 0.5) is 0 Å². The largest absolute Gasteiger partial charge is 0.497 e. The summed E-state index contributed by atoms with van der Waals surface area (Å²) in [4.78, 5) is 1.76. The van der Waals surface area contributed by atoms with Crippen LogP contribution in [0.1, 0.15) is 11.6 Å². The van der Waals surface area contributed by atoms with Gasteiger partial charge in [-0.05, 0) is 50.0 Å². The number of hydrogen-bond acceptors (Lipinski definition) is 6. The molecule has 148 valence electrons. The molecule has 2 aromatic rings. The normalized spacial score (nSPS) is 13.5. The van der Waals surface area contributed by atoms with Crippen LogP contribution in [0.25, 0.3) is 0 Å². The van der Waals surface area contributed by atoms with Crippen LogP contribution in [0.5, 0.6) is 5.75 Å². The van der Waals surface area contributed by atoms with Crippen molar-refractivity contribution in [3.63, 3.8) is 0 Å². The lowest BCUT2D eigenvalue weighted by Gasteiger charge is -2.25. The molecule has 1 unspecified atom stereocenters. The molecule has 1 atom stereocenters. The Labute approximate surface area is 160 Å². The van der Waals surface area contributed by atoms with E-state index in [0.29, 0.717) is 5.75 Å². The maximum atomic E-state index is 12.6. The van der Waals surface area contributed by atoms with Gasteiger partial charge in [-0.25, -0.2) is 21.6 Å². The number of nitrogens with one attached hydrogen (secondary N) is 1. The Morgan fingerprint density at radius 3 is 2.22 bits per heavy atom. The van der Waals surface area contributed by atoms with Crippen molar-refractivity contribution in [2.45, 2.75) is 15.8 Å². The third-order valence-electron chi connectivity index (χ3n) is 4.11. The van der Waals surface area contributed by atoms with Gasteiger partial charge in [0.05, 0.1) is 16.9 Å². The summed E-state index contributed by atoms with van der Waals surface area (Å²) in [6.45, 7) is 0.117. The van der Waals surface area contributed by atoms with Crippen molar-refractivity contribution >= 4 is 19.9 Å². The highest BCUT2D eigenvalue weighted by molar-refractivity contribution is 7.91. The number of benzene rings is 2. The minimum Gasteiger partial charge on any atom is -0.497 e. The lowest BCUT2D eigenvalue weighted by molar-refractivity contribution is 0.298. The Bertz CT molecular complexity index is 1000. The molecule has 0 amide bonds. The topological polar surface area (TPSA) is 92.8 Å². The fraction of sp³-hybridized carbons (Fsp3) is 0.333. The summed E-state index contributed by atoms with van der Waals surface area (Å²) in [7, 11) is -2.09. The van der Waals surface area contributed by atoms with Crippen molar-refractivity contribution in [1.82, 2.24) is 9.62 Å². The van der Waals surface area contributed by atoms with E-state index in [1.165, 1.54) is 18.2 Å². The molecule has 7 nitrogen and oxygen atoms in total. The third kappa shape index (κ3) is 5.52. The van der Waals surface area contributed by atoms with Crippen LogP contribution in [-0.4, -0.2) is 55.7 Å². The van der Waals surface area contributed by atoms with Crippen molar-refractivity contribution in [1.29, 1.82) is 0 Å². The summed E-state index contributed by atoms with van der Waals surface area (Å²) < 4.78 is 56.4. The van der Waals surface area contributed by atoms with E-state index in [4.69, 9.17) is 4.74 Å². The van der Waals surface area contributed by atoms with Gasteiger partial charge in [0.25, 0.3) is 0 Å². The van der Waals surface area contributed by atoms with Gasteiger partial charge in [-0.1, -0.05) is 18.2 Å². The van der Waals surface area contributed by atoms with Gasteiger partial charge < -0.3 is 9.64 Å². The number of hydrogen-bond donors (Lipinski definition) is 1. The first-order valence-corrected chi connectivity index (χ1v) is 11.5. The molecule has 2 aromatic carbocycles. The van der Waals surface area contributed by atoms with E-state index in [0.717, 1.165) is 17.9 Å². The van der Waals surface area contributed by atoms with E-state index in [9.17, 15) is 16.8 Å². The van der Waals surface area contributed by atoms with Crippen LogP contribution in [-0.2, 0) is 19.9 Å². The monoisotopic (exact) mass is 412 g/mol. The predicted molar refractivity (Wildman–Crippen MR) is 104 cm³/mol. The lowest BCUT2D eigenvalue weighted by Crippen LogP contribution is -2.34. The van der Waals surface area contributed by atoms with Gasteiger partial charge in [0, 0.05) is 18.8 Å². The molecule has 0 bridgehead atoms. The smallest absolute Gasteiger partial charge is 0.240 e. The standard InChI is InChI=1S/C18H24N2O5S2/c1-20(2)18(14-7-5-8-15(11-14)25-3)13-19-27(23,24)17-10-6-9-16(12-17)26(4,21)22/h5-12,18-19H,13H2,1-4H3. The summed E-state index contributed by atoms with van der Waals surface area (Å²) in [6, 6.07) is 12.5. The Hall–Kier alpha value is -1.94. The summed E-state index contributed by atoms with van der Waals surface area (Å²) in [5.41, 5.74) is 0.895. The SMILES string of the molecule is COc1cccc(C(CNS(=O)(=O)c2cccc(S(C)(=O)=O)c2)N(C)C)c1. The summed E-state index contributed by atoms with van der Waals surface area (Å²) >= 11 is 0. The zero-order chi connectivity index (χ0) is 20.2. The van der Waals surface area contributed by atoms with E-state index in [1.807, 2.05) is 43.3 Å². The highest BCUT2D eigenvalue weighted by atomic mass is 32.2. The fourth-order valence-electron chi connectivity index (χ4n) is 2.59. The maximum Gasteiger partial charge on any atom is 0.240 e. The van der Waals surface area contributed by atoms with Crippen LogP contribution in [0, 0.1) is 0 Å². The predicted octanol–water partition coefficient (Wildman–Crippen LogP) is 1.68. The van der Waals surface area contributed by atoms with Crippen LogP contribution in [0.2, 0.25) is 0 Å². The minimum absolute atomic E-state index is 0.0395. The molecular formula is C18H24N2O5S2. The zero-order valence-electron chi connectivity index (χ0n) is 15.7. The second-order valence-corrected chi connectivity index (χ2v) is 10.1. The molecule has 2 rings (SSSR count). The van der Waals surface area contributed by atoms with E-state index < -0.39 is 19.9 Å². The molecule has 0 aliphatic rings.